The van der Waals surface area contributed by atoms with E-state index in [0.717, 1.165) is 5.56 Å². The minimum Gasteiger partial charge on any atom is -0.482 e. The molecule has 0 radical (unpaired) electrons. The van der Waals surface area contributed by atoms with Crippen LogP contribution < -0.4 is 10.1 Å². The molecule has 0 saturated heterocycles. The van der Waals surface area contributed by atoms with Crippen LogP contribution in [-0.4, -0.2) is 22.3 Å². The van der Waals surface area contributed by atoms with Crippen LogP contribution in [0.25, 0.3) is 16.9 Å². The van der Waals surface area contributed by atoms with Crippen molar-refractivity contribution < 1.29 is 13.9 Å². The molecule has 7 heteroatoms. The predicted molar refractivity (Wildman–Crippen MR) is 88.1 cm³/mol. The number of rotatable bonds is 2. The van der Waals surface area contributed by atoms with Gasteiger partial charge in [0.05, 0.1) is 28.3 Å². The zero-order valence-electron chi connectivity index (χ0n) is 12.3. The number of benzene rings is 2. The summed E-state index contributed by atoms with van der Waals surface area (Å²) in [5, 5.41) is 7.47. The fraction of sp³-hybridized carbons (Fsp3) is 0.0588. The maximum Gasteiger partial charge on any atom is 0.262 e. The van der Waals surface area contributed by atoms with Crippen molar-refractivity contribution in [2.45, 2.75) is 0 Å². The van der Waals surface area contributed by atoms with E-state index in [0.29, 0.717) is 27.8 Å². The fourth-order valence-corrected chi connectivity index (χ4v) is 2.83. The van der Waals surface area contributed by atoms with Gasteiger partial charge in [0.2, 0.25) is 0 Å². The molecule has 0 spiro atoms. The number of anilines is 1. The van der Waals surface area contributed by atoms with Crippen LogP contribution in [0, 0.1) is 5.82 Å². The zero-order chi connectivity index (χ0) is 16.7. The van der Waals surface area contributed by atoms with E-state index in [9.17, 15) is 9.18 Å². The van der Waals surface area contributed by atoms with Gasteiger partial charge in [-0.1, -0.05) is 11.6 Å². The molecule has 0 unspecified atom stereocenters. The smallest absolute Gasteiger partial charge is 0.262 e. The third-order valence-electron chi connectivity index (χ3n) is 3.68. The second-order valence-corrected chi connectivity index (χ2v) is 5.68. The van der Waals surface area contributed by atoms with E-state index < -0.39 is 0 Å². The van der Waals surface area contributed by atoms with Gasteiger partial charge < -0.3 is 10.1 Å². The van der Waals surface area contributed by atoms with Crippen molar-refractivity contribution >= 4 is 23.2 Å². The number of carbonyl (C=O) groups excluding carboxylic acids is 1. The summed E-state index contributed by atoms with van der Waals surface area (Å²) >= 11 is 6.30. The Kier molecular flexibility index (Phi) is 3.46. The topological polar surface area (TPSA) is 56.1 Å². The average molecular weight is 344 g/mol. The van der Waals surface area contributed by atoms with Gasteiger partial charge in [-0.05, 0) is 42.5 Å². The Bertz CT molecular complexity index is 938. The number of nitrogens with zero attached hydrogens (tertiary/aromatic N) is 2. The molecule has 5 nitrogen and oxygen atoms in total. The van der Waals surface area contributed by atoms with Gasteiger partial charge in [0, 0.05) is 5.56 Å². The summed E-state index contributed by atoms with van der Waals surface area (Å²) in [6.07, 6.45) is 1.52. The van der Waals surface area contributed by atoms with Crippen molar-refractivity contribution in [3.05, 3.63) is 59.5 Å². The van der Waals surface area contributed by atoms with Gasteiger partial charge in [0.25, 0.3) is 5.91 Å². The number of ether oxygens (including phenoxy) is 1. The number of fused-ring (bicyclic) bond motifs is 1. The Morgan fingerprint density at radius 3 is 2.79 bits per heavy atom. The Morgan fingerprint density at radius 1 is 1.21 bits per heavy atom. The molecule has 24 heavy (non-hydrogen) atoms. The maximum absolute atomic E-state index is 13.1. The minimum atomic E-state index is -0.327. The molecule has 2 aromatic carbocycles. The molecule has 1 amide bonds. The summed E-state index contributed by atoms with van der Waals surface area (Å²) in [6, 6.07) is 11.3. The molecule has 120 valence electrons. The number of carbonyl (C=O) groups is 1. The first-order chi connectivity index (χ1) is 11.6. The number of hydrogen-bond acceptors (Lipinski definition) is 3. The van der Waals surface area contributed by atoms with Crippen molar-refractivity contribution in [1.82, 2.24) is 9.78 Å². The Balaban J connectivity index is 1.83. The molecule has 3 aromatic rings. The molecule has 0 atom stereocenters. The molecular formula is C17H11ClFN3O2. The first-order valence-electron chi connectivity index (χ1n) is 7.18. The van der Waals surface area contributed by atoms with Gasteiger partial charge in [-0.25, -0.2) is 9.07 Å². The van der Waals surface area contributed by atoms with Gasteiger partial charge >= 0.3 is 0 Å². The van der Waals surface area contributed by atoms with E-state index >= 15 is 0 Å². The summed E-state index contributed by atoms with van der Waals surface area (Å²) in [4.78, 5) is 11.5. The van der Waals surface area contributed by atoms with E-state index in [4.69, 9.17) is 16.3 Å². The first kappa shape index (κ1) is 14.7. The molecule has 1 aliphatic rings. The van der Waals surface area contributed by atoms with Crippen LogP contribution in [0.4, 0.5) is 10.1 Å². The van der Waals surface area contributed by atoms with Crippen LogP contribution in [0.15, 0.2) is 48.7 Å². The van der Waals surface area contributed by atoms with Crippen LogP contribution in [0.5, 0.6) is 5.75 Å². The van der Waals surface area contributed by atoms with Gasteiger partial charge in [-0.2, -0.15) is 5.10 Å². The highest BCUT2D eigenvalue weighted by molar-refractivity contribution is 6.33. The third-order valence-corrected chi connectivity index (χ3v) is 3.96. The van der Waals surface area contributed by atoms with E-state index in [1.807, 2.05) is 6.07 Å². The molecule has 0 fully saturated rings. The Labute approximate surface area is 141 Å². The molecule has 1 N–H and O–H groups in total. The number of amides is 1. The predicted octanol–water partition coefficient (Wildman–Crippen LogP) is 3.66. The second-order valence-electron chi connectivity index (χ2n) is 5.28. The summed E-state index contributed by atoms with van der Waals surface area (Å²) in [5.41, 5.74) is 2.65. The quantitative estimate of drug-likeness (QED) is 0.772. The molecule has 4 rings (SSSR count). The van der Waals surface area contributed by atoms with Gasteiger partial charge in [0.1, 0.15) is 11.6 Å². The highest BCUT2D eigenvalue weighted by Crippen LogP contribution is 2.36. The highest BCUT2D eigenvalue weighted by atomic mass is 35.5. The van der Waals surface area contributed by atoms with Crippen molar-refractivity contribution in [3.63, 3.8) is 0 Å². The number of aromatic nitrogens is 2. The lowest BCUT2D eigenvalue weighted by atomic mass is 10.1. The van der Waals surface area contributed by atoms with Crippen molar-refractivity contribution in [1.29, 1.82) is 0 Å². The second kappa shape index (κ2) is 5.65. The van der Waals surface area contributed by atoms with E-state index in [2.05, 4.69) is 10.4 Å². The normalized spacial score (nSPS) is 13.2. The maximum atomic E-state index is 13.1. The van der Waals surface area contributed by atoms with Crippen LogP contribution in [0.2, 0.25) is 5.02 Å². The lowest BCUT2D eigenvalue weighted by Crippen LogP contribution is -2.25. The van der Waals surface area contributed by atoms with Gasteiger partial charge in [-0.15, -0.1) is 0 Å². The fourth-order valence-electron chi connectivity index (χ4n) is 2.60. The Hall–Kier alpha value is -2.86. The lowest BCUT2D eigenvalue weighted by Gasteiger charge is -2.19. The largest absolute Gasteiger partial charge is 0.482 e. The highest BCUT2D eigenvalue weighted by Gasteiger charge is 2.19. The third kappa shape index (κ3) is 2.51. The van der Waals surface area contributed by atoms with Gasteiger partial charge in [0.15, 0.2) is 6.61 Å². The minimum absolute atomic E-state index is 0.000610. The van der Waals surface area contributed by atoms with Crippen LogP contribution in [0.3, 0.4) is 0 Å². The monoisotopic (exact) mass is 343 g/mol. The molecule has 0 aliphatic carbocycles. The molecule has 0 saturated carbocycles. The first-order valence-corrected chi connectivity index (χ1v) is 7.56. The summed E-state index contributed by atoms with van der Waals surface area (Å²) in [7, 11) is 0. The number of halogens is 2. The summed E-state index contributed by atoms with van der Waals surface area (Å²) in [6.45, 7) is 0.000610. The average Bonchev–Trinajstić information content (AvgIpc) is 2.96. The Morgan fingerprint density at radius 2 is 2.00 bits per heavy atom. The standard InChI is InChI=1S/C17H11ClFN3O2/c18-13-8-20-22(12-4-2-11(19)3-5-12)17(13)10-1-6-15-14(7-10)21-16(23)9-24-15/h1-8H,9H2,(H,21,23). The molecule has 1 aliphatic heterocycles. The van der Waals surface area contributed by atoms with Crippen molar-refractivity contribution in [2.75, 3.05) is 11.9 Å². The molecular weight excluding hydrogens is 333 g/mol. The summed E-state index contributed by atoms with van der Waals surface area (Å²) in [5.74, 6) is 0.0623. The van der Waals surface area contributed by atoms with E-state index in [1.54, 1.807) is 28.9 Å². The zero-order valence-corrected chi connectivity index (χ0v) is 13.0. The van der Waals surface area contributed by atoms with E-state index in [1.165, 1.54) is 18.3 Å². The van der Waals surface area contributed by atoms with Crippen molar-refractivity contribution in [3.8, 4) is 22.7 Å². The number of hydrogen-bond donors (Lipinski definition) is 1. The molecule has 2 heterocycles. The lowest BCUT2D eigenvalue weighted by molar-refractivity contribution is -0.118. The SMILES string of the molecule is O=C1COc2ccc(-c3c(Cl)cnn3-c3ccc(F)cc3)cc2N1. The number of nitrogens with one attached hydrogen (secondary N) is 1. The summed E-state index contributed by atoms with van der Waals surface area (Å²) < 4.78 is 20.1. The van der Waals surface area contributed by atoms with Crippen LogP contribution >= 0.6 is 11.6 Å². The van der Waals surface area contributed by atoms with Crippen LogP contribution in [0.1, 0.15) is 0 Å². The van der Waals surface area contributed by atoms with Crippen molar-refractivity contribution in [2.24, 2.45) is 0 Å². The molecule has 1 aromatic heterocycles. The van der Waals surface area contributed by atoms with Crippen LogP contribution in [-0.2, 0) is 4.79 Å². The molecule has 0 bridgehead atoms. The van der Waals surface area contributed by atoms with E-state index in [-0.39, 0.29) is 18.3 Å². The van der Waals surface area contributed by atoms with Gasteiger partial charge in [-0.3, -0.25) is 4.79 Å².